The van der Waals surface area contributed by atoms with E-state index < -0.39 is 11.6 Å². The van der Waals surface area contributed by atoms with Crippen molar-refractivity contribution < 1.29 is 23.4 Å². The highest BCUT2D eigenvalue weighted by Crippen LogP contribution is 2.36. The fourth-order valence-electron chi connectivity index (χ4n) is 2.88. The van der Waals surface area contributed by atoms with Crippen LogP contribution in [-0.4, -0.2) is 20.2 Å². The highest BCUT2D eigenvalue weighted by molar-refractivity contribution is 5.89. The van der Waals surface area contributed by atoms with E-state index in [4.69, 9.17) is 18.6 Å². The van der Waals surface area contributed by atoms with Gasteiger partial charge >= 0.3 is 11.6 Å². The first-order chi connectivity index (χ1) is 12.4. The van der Waals surface area contributed by atoms with Gasteiger partial charge in [-0.15, -0.1) is 0 Å². The quantitative estimate of drug-likeness (QED) is 0.404. The van der Waals surface area contributed by atoms with Crippen molar-refractivity contribution in [3.8, 4) is 28.4 Å². The van der Waals surface area contributed by atoms with Crippen LogP contribution in [0, 0.1) is 6.92 Å². The fraction of sp³-hybridized carbons (Fsp3) is 0.200. The van der Waals surface area contributed by atoms with E-state index in [9.17, 15) is 9.59 Å². The Morgan fingerprint density at radius 3 is 2.38 bits per heavy atom. The number of hydrogen-bond donors (Lipinski definition) is 0. The van der Waals surface area contributed by atoms with Crippen molar-refractivity contribution in [3.05, 3.63) is 52.4 Å². The third-order valence-corrected chi connectivity index (χ3v) is 4.08. The first-order valence-electron chi connectivity index (χ1n) is 7.93. The zero-order valence-electron chi connectivity index (χ0n) is 14.9. The van der Waals surface area contributed by atoms with Gasteiger partial charge in [-0.25, -0.2) is 4.79 Å². The molecule has 6 nitrogen and oxygen atoms in total. The van der Waals surface area contributed by atoms with Gasteiger partial charge in [0.25, 0.3) is 0 Å². The lowest BCUT2D eigenvalue weighted by atomic mass is 9.98. The minimum absolute atomic E-state index is 0.384. The van der Waals surface area contributed by atoms with E-state index in [1.54, 1.807) is 43.5 Å². The van der Waals surface area contributed by atoms with Gasteiger partial charge in [0, 0.05) is 23.9 Å². The number of carbonyl (C=O) groups excluding carboxylic acids is 1. The van der Waals surface area contributed by atoms with Crippen LogP contribution in [0.5, 0.6) is 17.2 Å². The van der Waals surface area contributed by atoms with Crippen LogP contribution in [0.1, 0.15) is 12.5 Å². The highest BCUT2D eigenvalue weighted by atomic mass is 16.5. The van der Waals surface area contributed by atoms with Crippen molar-refractivity contribution in [1.29, 1.82) is 0 Å². The summed E-state index contributed by atoms with van der Waals surface area (Å²) in [5.41, 5.74) is 1.63. The molecule has 0 N–H and O–H groups in total. The normalized spacial score (nSPS) is 10.6. The molecule has 0 aliphatic carbocycles. The van der Waals surface area contributed by atoms with Crippen LogP contribution in [-0.2, 0) is 4.79 Å². The van der Waals surface area contributed by atoms with Crippen molar-refractivity contribution in [2.24, 2.45) is 0 Å². The van der Waals surface area contributed by atoms with E-state index >= 15 is 0 Å². The first-order valence-corrected chi connectivity index (χ1v) is 7.93. The van der Waals surface area contributed by atoms with Crippen molar-refractivity contribution >= 4 is 16.9 Å². The second-order valence-electron chi connectivity index (χ2n) is 5.71. The summed E-state index contributed by atoms with van der Waals surface area (Å²) < 4.78 is 21.2. The van der Waals surface area contributed by atoms with E-state index in [0.717, 1.165) is 0 Å². The maximum absolute atomic E-state index is 12.6. The number of aryl methyl sites for hydroxylation is 1. The third kappa shape index (κ3) is 3.13. The zero-order valence-corrected chi connectivity index (χ0v) is 14.9. The van der Waals surface area contributed by atoms with Gasteiger partial charge in [0.1, 0.15) is 22.8 Å². The fourth-order valence-corrected chi connectivity index (χ4v) is 2.88. The number of ether oxygens (including phenoxy) is 3. The van der Waals surface area contributed by atoms with E-state index in [2.05, 4.69) is 0 Å². The maximum Gasteiger partial charge on any atom is 0.344 e. The number of methoxy groups -OCH3 is 2. The molecule has 1 aromatic heterocycles. The lowest BCUT2D eigenvalue weighted by Gasteiger charge is -2.13. The Kier molecular flexibility index (Phi) is 4.67. The number of hydrogen-bond acceptors (Lipinski definition) is 6. The molecular formula is C20H18O6. The minimum Gasteiger partial charge on any atom is -0.497 e. The molecule has 0 spiro atoms. The number of esters is 1. The van der Waals surface area contributed by atoms with Gasteiger partial charge in [0.05, 0.1) is 19.8 Å². The predicted molar refractivity (Wildman–Crippen MR) is 97.1 cm³/mol. The molecule has 0 radical (unpaired) electrons. The Labute approximate surface area is 149 Å². The smallest absolute Gasteiger partial charge is 0.344 e. The predicted octanol–water partition coefficient (Wildman–Crippen LogP) is 3.71. The molecule has 2 aromatic carbocycles. The van der Waals surface area contributed by atoms with E-state index in [0.29, 0.717) is 44.9 Å². The van der Waals surface area contributed by atoms with Crippen LogP contribution < -0.4 is 19.8 Å². The average Bonchev–Trinajstić information content (AvgIpc) is 2.62. The molecule has 1 heterocycles. The van der Waals surface area contributed by atoms with Crippen LogP contribution in [0.3, 0.4) is 0 Å². The minimum atomic E-state index is -0.473. The van der Waals surface area contributed by atoms with Crippen LogP contribution >= 0.6 is 0 Å². The average molecular weight is 354 g/mol. The van der Waals surface area contributed by atoms with Gasteiger partial charge in [-0.05, 0) is 42.8 Å². The van der Waals surface area contributed by atoms with E-state index in [-0.39, 0.29) is 0 Å². The number of rotatable bonds is 4. The molecule has 0 fully saturated rings. The monoisotopic (exact) mass is 354 g/mol. The molecule has 3 rings (SSSR count). The summed E-state index contributed by atoms with van der Waals surface area (Å²) in [6.45, 7) is 3.14. The number of fused-ring (bicyclic) bond motifs is 1. The van der Waals surface area contributed by atoms with Crippen molar-refractivity contribution in [3.63, 3.8) is 0 Å². The summed E-state index contributed by atoms with van der Waals surface area (Å²) in [7, 11) is 3.08. The molecule has 0 atom stereocenters. The lowest BCUT2D eigenvalue weighted by Crippen LogP contribution is -2.07. The largest absolute Gasteiger partial charge is 0.497 e. The van der Waals surface area contributed by atoms with E-state index in [1.807, 2.05) is 6.92 Å². The summed E-state index contributed by atoms with van der Waals surface area (Å²) >= 11 is 0. The maximum atomic E-state index is 12.6. The van der Waals surface area contributed by atoms with Crippen molar-refractivity contribution in [1.82, 2.24) is 0 Å². The second kappa shape index (κ2) is 6.92. The van der Waals surface area contributed by atoms with Crippen LogP contribution in [0.4, 0.5) is 0 Å². The standard InChI is InChI=1S/C20H18O6/c1-11-16-9-14(25-12(2)21)6-8-17(16)26-20(22)19(11)15-7-5-13(23-3)10-18(15)24-4/h5-10H,1-4H3. The molecule has 6 heteroatoms. The summed E-state index contributed by atoms with van der Waals surface area (Å²) in [6.07, 6.45) is 0. The Balaban J connectivity index is 2.26. The molecule has 26 heavy (non-hydrogen) atoms. The molecule has 0 unspecified atom stereocenters. The SMILES string of the molecule is COc1ccc(-c2c(C)c3cc(OC(C)=O)ccc3oc2=O)c(OC)c1. The van der Waals surface area contributed by atoms with Gasteiger partial charge in [-0.1, -0.05) is 0 Å². The third-order valence-electron chi connectivity index (χ3n) is 4.08. The molecular weight excluding hydrogens is 336 g/mol. The molecule has 3 aromatic rings. The molecule has 0 saturated carbocycles. The van der Waals surface area contributed by atoms with E-state index in [1.165, 1.54) is 14.0 Å². The van der Waals surface area contributed by atoms with Crippen LogP contribution in [0.25, 0.3) is 22.1 Å². The topological polar surface area (TPSA) is 75.0 Å². The zero-order chi connectivity index (χ0) is 18.8. The molecule has 0 bridgehead atoms. The Morgan fingerprint density at radius 2 is 1.73 bits per heavy atom. The van der Waals surface area contributed by atoms with Crippen molar-refractivity contribution in [2.45, 2.75) is 13.8 Å². The molecule has 0 aliphatic rings. The van der Waals surface area contributed by atoms with Gasteiger partial charge in [-0.3, -0.25) is 4.79 Å². The molecule has 134 valence electrons. The van der Waals surface area contributed by atoms with Gasteiger partial charge in [-0.2, -0.15) is 0 Å². The second-order valence-corrected chi connectivity index (χ2v) is 5.71. The number of carbonyl (C=O) groups is 1. The van der Waals surface area contributed by atoms with Crippen LogP contribution in [0.2, 0.25) is 0 Å². The Morgan fingerprint density at radius 1 is 1.00 bits per heavy atom. The number of benzene rings is 2. The van der Waals surface area contributed by atoms with Crippen molar-refractivity contribution in [2.75, 3.05) is 14.2 Å². The Hall–Kier alpha value is -3.28. The molecule has 0 aliphatic heterocycles. The summed E-state index contributed by atoms with van der Waals surface area (Å²) in [5.74, 6) is 1.08. The van der Waals surface area contributed by atoms with Crippen LogP contribution in [0.15, 0.2) is 45.6 Å². The molecule has 0 amide bonds. The highest BCUT2D eigenvalue weighted by Gasteiger charge is 2.18. The summed E-state index contributed by atoms with van der Waals surface area (Å²) in [5, 5.41) is 0.677. The Bertz CT molecular complexity index is 1050. The summed E-state index contributed by atoms with van der Waals surface area (Å²) in [4.78, 5) is 23.8. The van der Waals surface area contributed by atoms with Gasteiger partial charge in [0.15, 0.2) is 0 Å². The van der Waals surface area contributed by atoms with Gasteiger partial charge < -0.3 is 18.6 Å². The summed E-state index contributed by atoms with van der Waals surface area (Å²) in [6, 6.07) is 10.1. The van der Waals surface area contributed by atoms with Gasteiger partial charge in [0.2, 0.25) is 0 Å². The molecule has 0 saturated heterocycles. The first kappa shape index (κ1) is 17.5. The lowest BCUT2D eigenvalue weighted by molar-refractivity contribution is -0.131.